The molecular formula is C21H25NO4. The molecule has 1 unspecified atom stereocenters. The van der Waals surface area contributed by atoms with Crippen LogP contribution in [0.4, 0.5) is 0 Å². The number of carbonyl (C=O) groups is 1. The third-order valence-electron chi connectivity index (χ3n) is 5.54. The van der Waals surface area contributed by atoms with Crippen LogP contribution in [0.3, 0.4) is 0 Å². The molecule has 1 aliphatic carbocycles. The van der Waals surface area contributed by atoms with Crippen molar-refractivity contribution in [2.45, 2.75) is 44.1 Å². The fraction of sp³-hybridized carbons (Fsp3) is 0.524. The topological polar surface area (TPSA) is 57.7 Å². The minimum Gasteiger partial charge on any atom is -0.489 e. The molecule has 0 bridgehead atoms. The highest BCUT2D eigenvalue weighted by molar-refractivity contribution is 5.84. The Kier molecular flexibility index (Phi) is 5.07. The van der Waals surface area contributed by atoms with E-state index in [1.165, 1.54) is 12.8 Å². The molecule has 5 heteroatoms. The molecule has 1 aromatic carbocycles. The van der Waals surface area contributed by atoms with Crippen molar-refractivity contribution in [3.8, 4) is 5.75 Å². The number of hydrogen-bond acceptors (Lipinski definition) is 5. The van der Waals surface area contributed by atoms with Crippen molar-refractivity contribution >= 4 is 16.9 Å². The highest BCUT2D eigenvalue weighted by Crippen LogP contribution is 2.42. The predicted molar refractivity (Wildman–Crippen MR) is 98.1 cm³/mol. The van der Waals surface area contributed by atoms with E-state index in [1.807, 2.05) is 30.3 Å². The van der Waals surface area contributed by atoms with Gasteiger partial charge in [-0.2, -0.15) is 0 Å². The summed E-state index contributed by atoms with van der Waals surface area (Å²) in [5, 5.41) is 0.967. The molecule has 2 fully saturated rings. The van der Waals surface area contributed by atoms with E-state index in [1.54, 1.807) is 6.20 Å². The van der Waals surface area contributed by atoms with E-state index in [4.69, 9.17) is 14.2 Å². The van der Waals surface area contributed by atoms with E-state index in [-0.39, 0.29) is 24.1 Å². The standard InChI is InChI=1S/C21H25NO4/c23-20(16-8-12-26-21(15-16)9-3-4-10-21)25-14-13-24-19-7-11-22-18-6-2-1-5-17(18)19/h1-2,5-7,11,16H,3-4,8-10,12-15H2. The summed E-state index contributed by atoms with van der Waals surface area (Å²) >= 11 is 0. The van der Waals surface area contributed by atoms with Gasteiger partial charge in [0.2, 0.25) is 0 Å². The molecule has 5 nitrogen and oxygen atoms in total. The van der Waals surface area contributed by atoms with E-state index in [2.05, 4.69) is 4.98 Å². The van der Waals surface area contributed by atoms with Crippen LogP contribution in [-0.4, -0.2) is 36.4 Å². The molecule has 1 aromatic heterocycles. The van der Waals surface area contributed by atoms with E-state index in [0.717, 1.165) is 42.3 Å². The third-order valence-corrected chi connectivity index (χ3v) is 5.54. The molecule has 0 radical (unpaired) electrons. The van der Waals surface area contributed by atoms with Gasteiger partial charge in [-0.1, -0.05) is 25.0 Å². The lowest BCUT2D eigenvalue weighted by Crippen LogP contribution is -2.40. The zero-order valence-corrected chi connectivity index (χ0v) is 15.0. The number of aromatic nitrogens is 1. The number of rotatable bonds is 5. The number of carbonyl (C=O) groups excluding carboxylic acids is 1. The molecule has 0 N–H and O–H groups in total. The maximum absolute atomic E-state index is 12.4. The number of fused-ring (bicyclic) bond motifs is 1. The quantitative estimate of drug-likeness (QED) is 0.601. The summed E-state index contributed by atoms with van der Waals surface area (Å²) in [5.74, 6) is 0.619. The lowest BCUT2D eigenvalue weighted by Gasteiger charge is -2.37. The van der Waals surface area contributed by atoms with Crippen molar-refractivity contribution in [2.75, 3.05) is 19.8 Å². The van der Waals surface area contributed by atoms with Crippen LogP contribution in [0.25, 0.3) is 10.9 Å². The summed E-state index contributed by atoms with van der Waals surface area (Å²) in [6.07, 6.45) is 7.86. The average molecular weight is 355 g/mol. The molecule has 1 spiro atoms. The number of benzene rings is 1. The second kappa shape index (κ2) is 7.62. The first kappa shape index (κ1) is 17.3. The van der Waals surface area contributed by atoms with Crippen molar-refractivity contribution in [1.82, 2.24) is 4.98 Å². The van der Waals surface area contributed by atoms with Crippen molar-refractivity contribution in [3.05, 3.63) is 36.5 Å². The van der Waals surface area contributed by atoms with Crippen molar-refractivity contribution in [2.24, 2.45) is 5.92 Å². The van der Waals surface area contributed by atoms with Gasteiger partial charge in [0, 0.05) is 18.2 Å². The van der Waals surface area contributed by atoms with Gasteiger partial charge in [0.15, 0.2) is 0 Å². The smallest absolute Gasteiger partial charge is 0.309 e. The fourth-order valence-corrected chi connectivity index (χ4v) is 4.20. The highest BCUT2D eigenvalue weighted by atomic mass is 16.6. The average Bonchev–Trinajstić information content (AvgIpc) is 3.12. The second-order valence-electron chi connectivity index (χ2n) is 7.27. The van der Waals surface area contributed by atoms with Crippen molar-refractivity contribution < 1.29 is 19.0 Å². The molecule has 0 amide bonds. The minimum absolute atomic E-state index is 0.0383. The van der Waals surface area contributed by atoms with Crippen molar-refractivity contribution in [1.29, 1.82) is 0 Å². The zero-order chi connectivity index (χ0) is 17.8. The van der Waals surface area contributed by atoms with Crippen LogP contribution in [0.5, 0.6) is 5.75 Å². The van der Waals surface area contributed by atoms with Gasteiger partial charge in [-0.3, -0.25) is 9.78 Å². The summed E-state index contributed by atoms with van der Waals surface area (Å²) in [6.45, 7) is 1.27. The molecule has 1 aliphatic heterocycles. The van der Waals surface area contributed by atoms with E-state index in [9.17, 15) is 4.79 Å². The van der Waals surface area contributed by atoms with Crippen LogP contribution < -0.4 is 4.74 Å². The number of para-hydroxylation sites is 1. The molecule has 2 aromatic rings. The highest BCUT2D eigenvalue weighted by Gasteiger charge is 2.42. The van der Waals surface area contributed by atoms with Gasteiger partial charge >= 0.3 is 5.97 Å². The Bertz CT molecular complexity index is 764. The lowest BCUT2D eigenvalue weighted by molar-refractivity contribution is -0.161. The summed E-state index contributed by atoms with van der Waals surface area (Å²) in [6, 6.07) is 9.68. The van der Waals surface area contributed by atoms with Crippen LogP contribution in [0.2, 0.25) is 0 Å². The Hall–Kier alpha value is -2.14. The lowest BCUT2D eigenvalue weighted by atomic mass is 9.84. The second-order valence-corrected chi connectivity index (χ2v) is 7.27. The van der Waals surface area contributed by atoms with Crippen molar-refractivity contribution in [3.63, 3.8) is 0 Å². The molecule has 1 atom stereocenters. The van der Waals surface area contributed by atoms with Gasteiger partial charge in [0.1, 0.15) is 19.0 Å². The molecule has 1 saturated heterocycles. The van der Waals surface area contributed by atoms with Crippen LogP contribution in [0.1, 0.15) is 38.5 Å². The van der Waals surface area contributed by atoms with E-state index in [0.29, 0.717) is 13.2 Å². The molecule has 2 aliphatic rings. The first-order chi connectivity index (χ1) is 12.8. The molecule has 138 valence electrons. The van der Waals surface area contributed by atoms with Crippen LogP contribution in [0, 0.1) is 5.92 Å². The largest absolute Gasteiger partial charge is 0.489 e. The number of nitrogens with zero attached hydrogens (tertiary/aromatic N) is 1. The van der Waals surface area contributed by atoms with Crippen LogP contribution in [0.15, 0.2) is 36.5 Å². The van der Waals surface area contributed by atoms with Gasteiger partial charge in [-0.25, -0.2) is 0 Å². The number of esters is 1. The SMILES string of the molecule is O=C(OCCOc1ccnc2ccccc12)C1CCOC2(CCCC2)C1. The maximum atomic E-state index is 12.4. The summed E-state index contributed by atoms with van der Waals surface area (Å²) < 4.78 is 17.3. The molecule has 26 heavy (non-hydrogen) atoms. The number of hydrogen-bond donors (Lipinski definition) is 0. The number of ether oxygens (including phenoxy) is 3. The Morgan fingerprint density at radius 3 is 2.92 bits per heavy atom. The zero-order valence-electron chi connectivity index (χ0n) is 15.0. The predicted octanol–water partition coefficient (Wildman–Crippen LogP) is 3.90. The Balaban J connectivity index is 1.27. The summed E-state index contributed by atoms with van der Waals surface area (Å²) in [4.78, 5) is 16.7. The Labute approximate surface area is 153 Å². The van der Waals surface area contributed by atoms with Crippen LogP contribution in [-0.2, 0) is 14.3 Å². The molecule has 1 saturated carbocycles. The Morgan fingerprint density at radius 1 is 1.19 bits per heavy atom. The first-order valence-corrected chi connectivity index (χ1v) is 9.53. The van der Waals surface area contributed by atoms with Gasteiger partial charge < -0.3 is 14.2 Å². The van der Waals surface area contributed by atoms with Gasteiger partial charge in [-0.05, 0) is 43.9 Å². The van der Waals surface area contributed by atoms with E-state index >= 15 is 0 Å². The van der Waals surface area contributed by atoms with Gasteiger partial charge in [-0.15, -0.1) is 0 Å². The number of pyridine rings is 1. The Morgan fingerprint density at radius 2 is 2.04 bits per heavy atom. The monoisotopic (exact) mass is 355 g/mol. The molecular weight excluding hydrogens is 330 g/mol. The third kappa shape index (κ3) is 3.68. The first-order valence-electron chi connectivity index (χ1n) is 9.53. The molecule has 2 heterocycles. The minimum atomic E-state index is -0.109. The van der Waals surface area contributed by atoms with Crippen LogP contribution >= 0.6 is 0 Å². The molecule has 4 rings (SSSR count). The normalized spacial score (nSPS) is 21.8. The van der Waals surface area contributed by atoms with E-state index < -0.39 is 0 Å². The fourth-order valence-electron chi connectivity index (χ4n) is 4.20. The summed E-state index contributed by atoms with van der Waals surface area (Å²) in [7, 11) is 0. The summed E-state index contributed by atoms with van der Waals surface area (Å²) in [5.41, 5.74) is 0.833. The maximum Gasteiger partial charge on any atom is 0.309 e. The van der Waals surface area contributed by atoms with Gasteiger partial charge in [0.25, 0.3) is 0 Å². The van der Waals surface area contributed by atoms with Gasteiger partial charge in [0.05, 0.1) is 17.0 Å².